The van der Waals surface area contributed by atoms with Crippen molar-refractivity contribution in [3.63, 3.8) is 0 Å². The normalized spacial score (nSPS) is 12.2. The zero-order chi connectivity index (χ0) is 13.0. The molecule has 0 saturated carbocycles. The Hall–Kier alpha value is -2.18. The van der Waals surface area contributed by atoms with Crippen LogP contribution in [-0.4, -0.2) is 33.0 Å². The number of aliphatic carboxylic acids is 1. The molecule has 0 radical (unpaired) electrons. The van der Waals surface area contributed by atoms with E-state index >= 15 is 0 Å². The maximum absolute atomic E-state index is 11.6. The Morgan fingerprint density at radius 3 is 2.53 bits per heavy atom. The second-order valence-electron chi connectivity index (χ2n) is 3.83. The summed E-state index contributed by atoms with van der Waals surface area (Å²) in [5, 5.41) is 11.2. The fraction of sp³-hybridized carbons (Fsp3) is 0.400. The van der Waals surface area contributed by atoms with E-state index in [1.54, 1.807) is 13.8 Å². The number of carbonyl (C=O) groups is 2. The van der Waals surface area contributed by atoms with Crippen LogP contribution in [0, 0.1) is 5.92 Å². The highest BCUT2D eigenvalue weighted by atomic mass is 16.4. The first-order chi connectivity index (χ1) is 7.91. The van der Waals surface area contributed by atoms with E-state index in [9.17, 15) is 14.4 Å². The minimum Gasteiger partial charge on any atom is -0.480 e. The third-order valence-corrected chi connectivity index (χ3v) is 2.12. The van der Waals surface area contributed by atoms with Gasteiger partial charge in [0.15, 0.2) is 0 Å². The highest BCUT2D eigenvalue weighted by Gasteiger charge is 2.24. The van der Waals surface area contributed by atoms with Gasteiger partial charge in [-0.2, -0.15) is 0 Å². The van der Waals surface area contributed by atoms with E-state index in [1.807, 2.05) is 0 Å². The number of H-pyrrole nitrogens is 1. The monoisotopic (exact) mass is 239 g/mol. The molecule has 0 aliphatic heterocycles. The minimum atomic E-state index is -1.11. The van der Waals surface area contributed by atoms with Crippen molar-refractivity contribution < 1.29 is 14.7 Å². The molecule has 1 aromatic rings. The number of nitrogens with zero attached hydrogens (tertiary/aromatic N) is 1. The molecule has 0 aliphatic rings. The molecule has 0 spiro atoms. The average Bonchev–Trinajstić information content (AvgIpc) is 2.25. The highest BCUT2D eigenvalue weighted by molar-refractivity contribution is 5.94. The van der Waals surface area contributed by atoms with Gasteiger partial charge in [-0.3, -0.25) is 9.59 Å². The largest absolute Gasteiger partial charge is 0.480 e. The first-order valence-corrected chi connectivity index (χ1v) is 5.00. The summed E-state index contributed by atoms with van der Waals surface area (Å²) < 4.78 is 0. The number of carbonyl (C=O) groups excluding carboxylic acids is 1. The molecule has 7 heteroatoms. The van der Waals surface area contributed by atoms with Crippen molar-refractivity contribution in [3.05, 3.63) is 28.4 Å². The minimum absolute atomic E-state index is 0.0310. The van der Waals surface area contributed by atoms with Gasteiger partial charge in [-0.05, 0) is 5.92 Å². The molecule has 92 valence electrons. The Kier molecular flexibility index (Phi) is 3.97. The fourth-order valence-electron chi connectivity index (χ4n) is 1.20. The molecule has 1 atom stereocenters. The lowest BCUT2D eigenvalue weighted by atomic mass is 10.0. The molecule has 0 aromatic carbocycles. The van der Waals surface area contributed by atoms with E-state index in [-0.39, 0.29) is 11.6 Å². The number of aromatic amines is 1. The van der Waals surface area contributed by atoms with Crippen molar-refractivity contribution in [1.29, 1.82) is 0 Å². The number of carboxylic acids is 1. The summed E-state index contributed by atoms with van der Waals surface area (Å²) >= 11 is 0. The van der Waals surface area contributed by atoms with Gasteiger partial charge in [0.05, 0.1) is 6.20 Å². The highest BCUT2D eigenvalue weighted by Crippen LogP contribution is 2.02. The summed E-state index contributed by atoms with van der Waals surface area (Å²) in [7, 11) is 0. The predicted molar refractivity (Wildman–Crippen MR) is 58.6 cm³/mol. The molecule has 1 amide bonds. The molecule has 0 saturated heterocycles. The number of hydrogen-bond donors (Lipinski definition) is 3. The molecule has 1 rings (SSSR count). The van der Waals surface area contributed by atoms with Crippen LogP contribution in [0.5, 0.6) is 0 Å². The van der Waals surface area contributed by atoms with E-state index in [2.05, 4.69) is 15.3 Å². The molecule has 3 N–H and O–H groups in total. The quantitative estimate of drug-likeness (QED) is 0.662. The van der Waals surface area contributed by atoms with Crippen LogP contribution in [0.1, 0.15) is 24.3 Å². The van der Waals surface area contributed by atoms with Crippen LogP contribution in [0.25, 0.3) is 0 Å². The van der Waals surface area contributed by atoms with Gasteiger partial charge < -0.3 is 15.4 Å². The molecule has 7 nitrogen and oxygen atoms in total. The number of carboxylic acid groups (broad SMARTS) is 1. The summed E-state index contributed by atoms with van der Waals surface area (Å²) in [6.45, 7) is 3.36. The van der Waals surface area contributed by atoms with Crippen LogP contribution >= 0.6 is 0 Å². The Labute approximate surface area is 96.9 Å². The Morgan fingerprint density at radius 2 is 2.12 bits per heavy atom. The smallest absolute Gasteiger partial charge is 0.326 e. The fourth-order valence-corrected chi connectivity index (χ4v) is 1.20. The van der Waals surface area contributed by atoms with E-state index in [4.69, 9.17) is 5.11 Å². The molecule has 17 heavy (non-hydrogen) atoms. The van der Waals surface area contributed by atoms with Crippen molar-refractivity contribution in [2.75, 3.05) is 0 Å². The van der Waals surface area contributed by atoms with Crippen molar-refractivity contribution in [1.82, 2.24) is 15.3 Å². The summed E-state index contributed by atoms with van der Waals surface area (Å²) in [4.78, 5) is 39.1. The number of amides is 1. The predicted octanol–water partition coefficient (Wildman–Crippen LogP) is -0.391. The number of aromatic nitrogens is 2. The zero-order valence-corrected chi connectivity index (χ0v) is 9.43. The van der Waals surface area contributed by atoms with E-state index in [0.717, 1.165) is 12.4 Å². The lowest BCUT2D eigenvalue weighted by Crippen LogP contribution is -2.44. The third-order valence-electron chi connectivity index (χ3n) is 2.12. The summed E-state index contributed by atoms with van der Waals surface area (Å²) in [6.07, 6.45) is 2.09. The van der Waals surface area contributed by atoms with Gasteiger partial charge in [0.2, 0.25) is 0 Å². The van der Waals surface area contributed by atoms with Crippen LogP contribution in [0.3, 0.4) is 0 Å². The second-order valence-corrected chi connectivity index (χ2v) is 3.83. The van der Waals surface area contributed by atoms with Crippen LogP contribution in [0.15, 0.2) is 17.2 Å². The van der Waals surface area contributed by atoms with E-state index < -0.39 is 23.5 Å². The van der Waals surface area contributed by atoms with E-state index in [1.165, 1.54) is 0 Å². The van der Waals surface area contributed by atoms with Gasteiger partial charge in [0.1, 0.15) is 11.7 Å². The lowest BCUT2D eigenvalue weighted by Gasteiger charge is -2.17. The van der Waals surface area contributed by atoms with Gasteiger partial charge in [-0.1, -0.05) is 13.8 Å². The Balaban J connectivity index is 2.81. The number of hydrogen-bond acceptors (Lipinski definition) is 4. The van der Waals surface area contributed by atoms with Crippen molar-refractivity contribution in [2.45, 2.75) is 19.9 Å². The molecule has 0 bridgehead atoms. The maximum atomic E-state index is 11.6. The standard InChI is InChI=1S/C10H13N3O4/c1-5(2)8(10(16)17)13-9(15)6-3-12-7(14)4-11-6/h3-5,8H,1-2H3,(H,12,14)(H,13,15)(H,16,17). The molecule has 1 unspecified atom stereocenters. The summed E-state index contributed by atoms with van der Waals surface area (Å²) in [5.41, 5.74) is -0.461. The van der Waals surface area contributed by atoms with Gasteiger partial charge in [0.25, 0.3) is 11.5 Å². The number of rotatable bonds is 4. The van der Waals surface area contributed by atoms with Gasteiger partial charge in [-0.25, -0.2) is 9.78 Å². The molecule has 0 fully saturated rings. The average molecular weight is 239 g/mol. The molecular weight excluding hydrogens is 226 g/mol. The zero-order valence-electron chi connectivity index (χ0n) is 9.43. The molecule has 1 heterocycles. The topological polar surface area (TPSA) is 112 Å². The first-order valence-electron chi connectivity index (χ1n) is 5.00. The summed E-state index contributed by atoms with van der Waals surface area (Å²) in [6, 6.07) is -0.990. The van der Waals surface area contributed by atoms with Crippen molar-refractivity contribution >= 4 is 11.9 Å². The van der Waals surface area contributed by atoms with Crippen LogP contribution in [0.2, 0.25) is 0 Å². The third kappa shape index (κ3) is 3.40. The Bertz CT molecular complexity index is 460. The van der Waals surface area contributed by atoms with E-state index in [0.29, 0.717) is 0 Å². The van der Waals surface area contributed by atoms with Crippen LogP contribution in [0.4, 0.5) is 0 Å². The second kappa shape index (κ2) is 5.24. The van der Waals surface area contributed by atoms with Crippen molar-refractivity contribution in [3.8, 4) is 0 Å². The molecular formula is C10H13N3O4. The lowest BCUT2D eigenvalue weighted by molar-refractivity contribution is -0.140. The summed E-state index contributed by atoms with van der Waals surface area (Å²) in [5.74, 6) is -2.00. The number of nitrogens with one attached hydrogen (secondary N) is 2. The van der Waals surface area contributed by atoms with Gasteiger partial charge in [0, 0.05) is 6.20 Å². The Morgan fingerprint density at radius 1 is 1.47 bits per heavy atom. The van der Waals surface area contributed by atoms with Gasteiger partial charge >= 0.3 is 5.97 Å². The molecule has 1 aromatic heterocycles. The molecule has 0 aliphatic carbocycles. The van der Waals surface area contributed by atoms with Crippen LogP contribution in [-0.2, 0) is 4.79 Å². The first kappa shape index (κ1) is 12.9. The maximum Gasteiger partial charge on any atom is 0.326 e. The van der Waals surface area contributed by atoms with Crippen LogP contribution < -0.4 is 10.9 Å². The van der Waals surface area contributed by atoms with Crippen molar-refractivity contribution in [2.24, 2.45) is 5.92 Å². The van der Waals surface area contributed by atoms with Gasteiger partial charge in [-0.15, -0.1) is 0 Å². The SMILES string of the molecule is CC(C)C(NC(=O)c1c[nH]c(=O)cn1)C(=O)O.